The molecule has 536 valence electrons. The van der Waals surface area contributed by atoms with Gasteiger partial charge in [-0.1, -0.05) is 259 Å². The zero-order valence-electron chi connectivity index (χ0n) is 59.4. The zero-order chi connectivity index (χ0) is 67.9. The highest BCUT2D eigenvalue weighted by Crippen LogP contribution is 2.34. The molecule has 16 heteroatoms. The number of rotatable bonds is 64. The fourth-order valence-corrected chi connectivity index (χ4v) is 10.8. The van der Waals surface area contributed by atoms with Gasteiger partial charge in [-0.05, 0) is 75.9 Å². The molecule has 0 saturated heterocycles. The topological polar surface area (TPSA) is 223 Å². The Hall–Kier alpha value is -4.64. The van der Waals surface area contributed by atoms with E-state index in [1.54, 1.807) is 36.4 Å². The quantitative estimate of drug-likeness (QED) is 0.0275. The van der Waals surface area contributed by atoms with Crippen molar-refractivity contribution >= 4 is 23.9 Å². The summed E-state index contributed by atoms with van der Waals surface area (Å²) in [4.78, 5) is 56.1. The van der Waals surface area contributed by atoms with Crippen LogP contribution < -0.4 is 18.9 Å². The maximum absolute atomic E-state index is 14.4. The van der Waals surface area contributed by atoms with Crippen LogP contribution in [0.2, 0.25) is 0 Å². The number of unbranched alkanes of at least 4 members (excludes halogenated alkanes) is 36. The van der Waals surface area contributed by atoms with Crippen molar-refractivity contribution in [3.8, 4) is 23.0 Å². The highest BCUT2D eigenvalue weighted by molar-refractivity contribution is 5.91. The fraction of sp³-hybridized carbons (Fsp3) is 0.792. The van der Waals surface area contributed by atoms with Crippen LogP contribution >= 0.6 is 0 Å². The number of hydrogen-bond donors (Lipinski definition) is 4. The van der Waals surface area contributed by atoms with E-state index in [-0.39, 0.29) is 11.1 Å². The minimum Gasteiger partial charge on any atom is -0.490 e. The second-order valence-corrected chi connectivity index (χ2v) is 27.0. The Balaban J connectivity index is 2.49. The maximum Gasteiger partial charge on any atom is 0.338 e. The lowest BCUT2D eigenvalue weighted by Crippen LogP contribution is -2.47. The molecule has 0 aliphatic carbocycles. The molecule has 0 amide bonds. The van der Waals surface area contributed by atoms with Gasteiger partial charge in [0.25, 0.3) is 0 Å². The highest BCUT2D eigenvalue weighted by Gasteiger charge is 2.43. The third-order valence-corrected chi connectivity index (χ3v) is 17.8. The van der Waals surface area contributed by atoms with Crippen molar-refractivity contribution in [2.24, 2.45) is 16.2 Å². The zero-order valence-corrected chi connectivity index (χ0v) is 59.4. The van der Waals surface area contributed by atoms with E-state index < -0.39 is 93.0 Å². The van der Waals surface area contributed by atoms with Crippen LogP contribution in [-0.4, -0.2) is 124 Å². The molecule has 4 N–H and O–H groups in total. The third kappa shape index (κ3) is 38.0. The molecule has 0 aromatic heterocycles. The van der Waals surface area contributed by atoms with E-state index in [1.807, 2.05) is 0 Å². The van der Waals surface area contributed by atoms with Gasteiger partial charge in [0, 0.05) is 0 Å². The lowest BCUT2D eigenvalue weighted by atomic mass is 9.90. The van der Waals surface area contributed by atoms with Crippen molar-refractivity contribution in [2.75, 3.05) is 79.3 Å². The second-order valence-electron chi connectivity index (χ2n) is 27.0. The summed E-state index contributed by atoms with van der Waals surface area (Å²) in [6.45, 7) is 7.33. The van der Waals surface area contributed by atoms with E-state index in [4.69, 9.17) is 37.9 Å². The van der Waals surface area contributed by atoms with Crippen LogP contribution in [0.5, 0.6) is 23.0 Å². The predicted octanol–water partition coefficient (Wildman–Crippen LogP) is 18.0. The average Bonchev–Trinajstić information content (AvgIpc) is 2.77. The number of carbonyl (C=O) groups excluding carboxylic acids is 4. The number of aliphatic hydroxyl groups is 4. The predicted molar refractivity (Wildman–Crippen MR) is 372 cm³/mol. The lowest BCUT2D eigenvalue weighted by Gasteiger charge is -2.34. The molecule has 0 atom stereocenters. The van der Waals surface area contributed by atoms with Crippen molar-refractivity contribution in [3.63, 3.8) is 0 Å². The Morgan fingerprint density at radius 1 is 0.301 bits per heavy atom. The molecule has 0 aliphatic rings. The first-order chi connectivity index (χ1) is 45.2. The minimum atomic E-state index is -1.85. The molecule has 0 unspecified atom stereocenters. The van der Waals surface area contributed by atoms with E-state index in [2.05, 4.69) is 27.7 Å². The maximum atomic E-state index is 14.4. The molecule has 0 spiro atoms. The molecular weight excluding hydrogens is 1180 g/mol. The second kappa shape index (κ2) is 54.5. The Morgan fingerprint density at radius 2 is 0.516 bits per heavy atom. The third-order valence-electron chi connectivity index (χ3n) is 17.8. The van der Waals surface area contributed by atoms with Gasteiger partial charge in [0.05, 0.1) is 64.0 Å². The van der Waals surface area contributed by atoms with Crippen LogP contribution in [-0.2, 0) is 28.5 Å². The normalized spacial score (nSPS) is 11.8. The summed E-state index contributed by atoms with van der Waals surface area (Å²) < 4.78 is 48.9. The Labute approximate surface area is 563 Å². The van der Waals surface area contributed by atoms with Gasteiger partial charge in [-0.2, -0.15) is 0 Å². The Kier molecular flexibility index (Phi) is 49.5. The van der Waals surface area contributed by atoms with Gasteiger partial charge in [-0.3, -0.25) is 9.59 Å². The van der Waals surface area contributed by atoms with Crippen LogP contribution in [0.25, 0.3) is 0 Å². The van der Waals surface area contributed by atoms with E-state index in [0.717, 1.165) is 77.0 Å². The van der Waals surface area contributed by atoms with Crippen LogP contribution in [0, 0.1) is 16.2 Å². The monoisotopic (exact) mass is 1310 g/mol. The van der Waals surface area contributed by atoms with Crippen molar-refractivity contribution < 1.29 is 77.5 Å². The Bertz CT molecular complexity index is 2040. The first-order valence-electron chi connectivity index (χ1n) is 37.2. The summed E-state index contributed by atoms with van der Waals surface area (Å²) in [6, 6.07) is 9.62. The summed E-state index contributed by atoms with van der Waals surface area (Å²) in [5.74, 6) is -2.02. The molecule has 0 aliphatic heterocycles. The number of benzene rings is 2. The van der Waals surface area contributed by atoms with Crippen LogP contribution in [0.1, 0.15) is 319 Å². The largest absolute Gasteiger partial charge is 0.490 e. The Morgan fingerprint density at radius 3 is 0.753 bits per heavy atom. The molecular formula is C77H132O16. The minimum absolute atomic E-state index is 0.0984. The van der Waals surface area contributed by atoms with Gasteiger partial charge in [0.15, 0.2) is 23.0 Å². The van der Waals surface area contributed by atoms with E-state index in [9.17, 15) is 39.6 Å². The molecule has 93 heavy (non-hydrogen) atoms. The van der Waals surface area contributed by atoms with Gasteiger partial charge >= 0.3 is 23.9 Å². The number of esters is 4. The van der Waals surface area contributed by atoms with Crippen molar-refractivity contribution in [3.05, 3.63) is 47.5 Å². The van der Waals surface area contributed by atoms with Gasteiger partial charge in [-0.15, -0.1) is 0 Å². The van der Waals surface area contributed by atoms with E-state index >= 15 is 0 Å². The first kappa shape index (κ1) is 84.4. The molecule has 0 saturated carbocycles. The number of aliphatic hydroxyl groups excluding tert-OH is 4. The SMILES string of the molecule is CCCCCCCCCCCCOc1ccc(C(=O)OCC(COC(=O)c2ccc(OCCCCCCCCCCCC)c(OCCCCCCCCCCCC)c2)(COC(=O)C(C)(CO)CO)COC(=O)C(C)(CO)CO)cc1OCCCCCCCCCCCC. The van der Waals surface area contributed by atoms with Gasteiger partial charge in [-0.25, -0.2) is 9.59 Å². The van der Waals surface area contributed by atoms with E-state index in [0.29, 0.717) is 49.4 Å². The van der Waals surface area contributed by atoms with Gasteiger partial charge < -0.3 is 58.3 Å². The number of ether oxygens (including phenoxy) is 8. The van der Waals surface area contributed by atoms with Crippen molar-refractivity contribution in [1.29, 1.82) is 0 Å². The number of hydrogen-bond acceptors (Lipinski definition) is 16. The van der Waals surface area contributed by atoms with E-state index in [1.165, 1.54) is 194 Å². The summed E-state index contributed by atoms with van der Waals surface area (Å²) in [7, 11) is 0. The summed E-state index contributed by atoms with van der Waals surface area (Å²) >= 11 is 0. The van der Waals surface area contributed by atoms with Crippen LogP contribution in [0.3, 0.4) is 0 Å². The lowest BCUT2D eigenvalue weighted by molar-refractivity contribution is -0.175. The number of carbonyl (C=O) groups is 4. The molecule has 0 bridgehead atoms. The average molecular weight is 1310 g/mol. The molecule has 2 aromatic rings. The molecule has 0 heterocycles. The van der Waals surface area contributed by atoms with Gasteiger partial charge in [0.1, 0.15) is 42.7 Å². The summed E-state index contributed by atoms with van der Waals surface area (Å²) in [6.07, 6.45) is 46.9. The van der Waals surface area contributed by atoms with Crippen LogP contribution in [0.4, 0.5) is 0 Å². The first-order valence-corrected chi connectivity index (χ1v) is 37.2. The van der Waals surface area contributed by atoms with Crippen molar-refractivity contribution in [2.45, 2.75) is 298 Å². The molecule has 2 aromatic carbocycles. The molecule has 16 nitrogen and oxygen atoms in total. The van der Waals surface area contributed by atoms with Gasteiger partial charge in [0.2, 0.25) is 0 Å². The smallest absolute Gasteiger partial charge is 0.338 e. The van der Waals surface area contributed by atoms with Crippen LogP contribution in [0.15, 0.2) is 36.4 Å². The van der Waals surface area contributed by atoms with Crippen molar-refractivity contribution in [1.82, 2.24) is 0 Å². The highest BCUT2D eigenvalue weighted by atomic mass is 16.6. The molecule has 0 radical (unpaired) electrons. The fourth-order valence-electron chi connectivity index (χ4n) is 10.8. The molecule has 0 fully saturated rings. The standard InChI is InChI=1S/C77H132O16/c1-7-11-15-19-23-27-31-35-39-43-51-86-67-49-47-65(55-69(67)88-53-45-41-37-33-29-25-21-17-13-9-3)71(82)90-61-77(63-92-73(84)75(5,57-78)58-79,64-93-74(85)76(6,59-80)60-81)62-91-72(83)66-48-50-68(87-52-44-40-36-32-28-24-20-16-12-8-2)70(56-66)89-54-46-42-38-34-30-26-22-18-14-10-4/h47-50,55-56,78-81H,7-46,51-54,57-64H2,1-6H3. The summed E-state index contributed by atoms with van der Waals surface area (Å²) in [5.41, 5.74) is -5.20. The summed E-state index contributed by atoms with van der Waals surface area (Å²) in [5, 5.41) is 40.7. The molecule has 2 rings (SSSR count).